The molecule has 0 aliphatic heterocycles. The molecule has 0 amide bonds. The van der Waals surface area contributed by atoms with Crippen LogP contribution in [0, 0.1) is 13.5 Å². The van der Waals surface area contributed by atoms with Crippen LogP contribution >= 0.6 is 0 Å². The number of ether oxygens (including phenoxy) is 1. The molecule has 0 spiro atoms. The van der Waals surface area contributed by atoms with Gasteiger partial charge in [-0.25, -0.2) is 0 Å². The van der Waals surface area contributed by atoms with Crippen LogP contribution in [0.15, 0.2) is 24.3 Å². The van der Waals surface area contributed by atoms with Crippen molar-refractivity contribution in [2.24, 2.45) is 0 Å². The average Bonchev–Trinajstić information content (AvgIpc) is 1.90. The molecule has 0 atom stereocenters. The second kappa shape index (κ2) is 6.82. The van der Waals surface area contributed by atoms with Crippen LogP contribution in [0.1, 0.15) is 0 Å². The number of benzene rings is 1. The molecule has 0 fully saturated rings. The van der Waals surface area contributed by atoms with Gasteiger partial charge in [0.1, 0.15) is 0 Å². The fourth-order valence-electron chi connectivity index (χ4n) is 0.504. The van der Waals surface area contributed by atoms with Crippen molar-refractivity contribution in [1.29, 1.82) is 0 Å². The number of methoxy groups -OCH3 is 1. The van der Waals surface area contributed by atoms with E-state index >= 15 is 0 Å². The summed E-state index contributed by atoms with van der Waals surface area (Å²) in [5.74, 6) is 0.854. The third-order valence-corrected chi connectivity index (χ3v) is 0.914. The van der Waals surface area contributed by atoms with Crippen LogP contribution in [0.5, 0.6) is 5.75 Å². The Hall–Kier alpha value is -0.292. The van der Waals surface area contributed by atoms with Gasteiger partial charge < -0.3 is 12.2 Å². The molecule has 0 aliphatic carbocycles. The minimum atomic E-state index is 0. The van der Waals surface area contributed by atoms with Crippen molar-refractivity contribution in [3.63, 3.8) is 0 Å². The molecule has 0 N–H and O–H groups in total. The second-order valence-electron chi connectivity index (χ2n) is 1.44. The van der Waals surface area contributed by atoms with Crippen LogP contribution in [-0.2, 0) is 21.1 Å². The van der Waals surface area contributed by atoms with Crippen molar-refractivity contribution in [1.82, 2.24) is 0 Å². The molecule has 1 aromatic carbocycles. The first-order chi connectivity index (χ1) is 3.93. The van der Waals surface area contributed by atoms with Crippen molar-refractivity contribution >= 4 is 0 Å². The van der Waals surface area contributed by atoms with E-state index in [1.165, 1.54) is 0 Å². The van der Waals surface area contributed by atoms with Crippen LogP contribution in [0.2, 0.25) is 0 Å². The molecule has 10 heavy (non-hydrogen) atoms. The smallest absolute Gasteiger partial charge is 0.554 e. The van der Waals surface area contributed by atoms with E-state index in [0.29, 0.717) is 0 Å². The van der Waals surface area contributed by atoms with Crippen molar-refractivity contribution in [2.45, 2.75) is 0 Å². The van der Waals surface area contributed by atoms with Gasteiger partial charge in [-0.1, -0.05) is 0 Å². The molecule has 0 saturated heterocycles. The summed E-state index contributed by atoms with van der Waals surface area (Å²) in [6.45, 7) is 0. The normalized spacial score (nSPS) is 6.90. The van der Waals surface area contributed by atoms with Gasteiger partial charge in [-0.05, 0) is 0 Å². The summed E-state index contributed by atoms with van der Waals surface area (Å²) in [6.07, 6.45) is 0. The molecule has 58 valence electrons. The first-order valence-corrected chi connectivity index (χ1v) is 2.43. The summed E-state index contributed by atoms with van der Waals surface area (Å²) in [5.41, 5.74) is 0. The van der Waals surface area contributed by atoms with Crippen LogP contribution in [0.3, 0.4) is 0 Å². The molecule has 0 radical (unpaired) electrons. The van der Waals surface area contributed by atoms with E-state index in [-0.39, 0.29) is 28.5 Å². The molecule has 1 nitrogen and oxygen atoms in total. The van der Waals surface area contributed by atoms with E-state index in [1.54, 1.807) is 13.2 Å². The molecule has 0 saturated carbocycles. The minimum absolute atomic E-state index is 0. The number of rotatable bonds is 1. The zero-order chi connectivity index (χ0) is 5.82. The minimum Gasteiger partial charge on any atom is -0.554 e. The van der Waals surface area contributed by atoms with Gasteiger partial charge in [-0.15, -0.1) is 12.1 Å². The monoisotopic (exact) mass is 317 g/mol. The van der Waals surface area contributed by atoms with Crippen molar-refractivity contribution in [3.8, 4) is 5.75 Å². The Morgan fingerprint density at radius 2 is 2.20 bits per heavy atom. The zero-order valence-corrected chi connectivity index (χ0v) is 8.31. The maximum Gasteiger partial charge on any atom is 2.00 e. The van der Waals surface area contributed by atoms with Crippen molar-refractivity contribution in [2.75, 3.05) is 7.11 Å². The van der Waals surface area contributed by atoms with Gasteiger partial charge in [0.05, 0.1) is 7.11 Å². The van der Waals surface area contributed by atoms with E-state index in [1.807, 2.05) is 18.2 Å². The quantitative estimate of drug-likeness (QED) is 0.720. The first kappa shape index (κ1) is 12.4. The Balaban J connectivity index is 0. The van der Waals surface area contributed by atoms with Gasteiger partial charge in [0.2, 0.25) is 0 Å². The summed E-state index contributed by atoms with van der Waals surface area (Å²) < 4.78 is 4.88. The fraction of sp³-hybridized carbons (Fsp3) is 0.125. The van der Waals surface area contributed by atoms with E-state index in [2.05, 4.69) is 6.07 Å². The maximum absolute atomic E-state index is 4.88. The Bertz CT molecular complexity index is 151. The second-order valence-corrected chi connectivity index (χ2v) is 1.44. The van der Waals surface area contributed by atoms with Gasteiger partial charge >= 0.3 is 21.1 Å². The summed E-state index contributed by atoms with van der Waals surface area (Å²) in [4.78, 5) is 0. The van der Waals surface area contributed by atoms with Crippen LogP contribution in [0.25, 0.3) is 0 Å². The molecule has 0 bridgehead atoms. The Labute approximate surface area is 76.7 Å². The molecular weight excluding hydrogens is 307 g/mol. The van der Waals surface area contributed by atoms with Crippen LogP contribution in [-0.4, -0.2) is 7.11 Å². The predicted octanol–water partition coefficient (Wildman–Crippen LogP) is 1.94. The summed E-state index contributed by atoms with van der Waals surface area (Å²) in [7, 11) is 1.64. The molecule has 0 aliphatic rings. The molecule has 0 aromatic heterocycles. The van der Waals surface area contributed by atoms with Crippen molar-refractivity contribution in [3.05, 3.63) is 37.8 Å². The topological polar surface area (TPSA) is 9.23 Å². The first-order valence-electron chi connectivity index (χ1n) is 2.43. The molecule has 1 aromatic rings. The third-order valence-electron chi connectivity index (χ3n) is 0.914. The Kier molecular flexibility index (Phi) is 8.45. The van der Waals surface area contributed by atoms with E-state index < -0.39 is 0 Å². The molecule has 1 rings (SSSR count). The van der Waals surface area contributed by atoms with Gasteiger partial charge in [0.15, 0.2) is 0 Å². The summed E-state index contributed by atoms with van der Waals surface area (Å²) in [6, 6.07) is 10.3. The van der Waals surface area contributed by atoms with Gasteiger partial charge in [0.25, 0.3) is 0 Å². The summed E-state index contributed by atoms with van der Waals surface area (Å²) >= 11 is 0. The SMILES string of the molecule is COc1c[c-]ccc1.[CH3-].[Pt+2]. The molecule has 0 heterocycles. The number of hydrogen-bond donors (Lipinski definition) is 0. The third kappa shape index (κ3) is 3.68. The Morgan fingerprint density at radius 1 is 1.50 bits per heavy atom. The van der Waals surface area contributed by atoms with Crippen molar-refractivity contribution < 1.29 is 25.8 Å². The Morgan fingerprint density at radius 3 is 2.50 bits per heavy atom. The number of hydrogen-bond acceptors (Lipinski definition) is 1. The zero-order valence-electron chi connectivity index (χ0n) is 6.03. The largest absolute Gasteiger partial charge is 2.00 e. The molecular formula is C8H10OPt. The van der Waals surface area contributed by atoms with Gasteiger partial charge in [-0.2, -0.15) is 18.2 Å². The maximum atomic E-state index is 4.88. The molecule has 2 heteroatoms. The van der Waals surface area contributed by atoms with Gasteiger partial charge in [-0.3, -0.25) is 0 Å². The summed E-state index contributed by atoms with van der Waals surface area (Å²) in [5, 5.41) is 0. The average molecular weight is 317 g/mol. The van der Waals surface area contributed by atoms with E-state index in [9.17, 15) is 0 Å². The van der Waals surface area contributed by atoms with E-state index in [0.717, 1.165) is 5.75 Å². The predicted molar refractivity (Wildman–Crippen MR) is 38.2 cm³/mol. The molecule has 0 unspecified atom stereocenters. The van der Waals surface area contributed by atoms with E-state index in [4.69, 9.17) is 4.74 Å². The van der Waals surface area contributed by atoms with Gasteiger partial charge in [0, 0.05) is 5.75 Å². The fourth-order valence-corrected chi connectivity index (χ4v) is 0.504. The van der Waals surface area contributed by atoms with Crippen LogP contribution < -0.4 is 4.74 Å². The standard InChI is InChI=1S/C7H7O.CH3.Pt/c1-8-7-5-3-2-4-6-7;;/h2-3,5-6H,1H3;1H3;/q2*-1;+2. The van der Waals surface area contributed by atoms with Crippen LogP contribution in [0.4, 0.5) is 0 Å².